The highest BCUT2D eigenvalue weighted by atomic mass is 35.5. The van der Waals surface area contributed by atoms with Crippen molar-refractivity contribution in [3.05, 3.63) is 47.2 Å². The van der Waals surface area contributed by atoms with Crippen molar-refractivity contribution >= 4 is 17.6 Å². The number of benzene rings is 1. The molecular weight excluding hydrogens is 256 g/mol. The van der Waals surface area contributed by atoms with E-state index in [-0.39, 0.29) is 11.3 Å². The first kappa shape index (κ1) is 12.4. The van der Waals surface area contributed by atoms with Crippen molar-refractivity contribution in [3.63, 3.8) is 0 Å². The summed E-state index contributed by atoms with van der Waals surface area (Å²) in [5, 5.41) is 13.5. The maximum Gasteiger partial charge on any atom is 0.339 e. The van der Waals surface area contributed by atoms with Crippen molar-refractivity contribution in [2.45, 2.75) is 6.54 Å². The van der Waals surface area contributed by atoms with Crippen LogP contribution in [0.4, 0.5) is 0 Å². The molecular formula is C12H11ClN2O3. The van der Waals surface area contributed by atoms with Crippen LogP contribution < -0.4 is 4.74 Å². The van der Waals surface area contributed by atoms with E-state index in [4.69, 9.17) is 21.4 Å². The number of aromatic nitrogens is 2. The standard InChI is InChI=1S/C12H11ClN2O3/c13-9-2-3-10(12(16)17)11(8-9)18-7-6-15-5-1-4-14-15/h1-5,8H,6-7H2,(H,16,17). The summed E-state index contributed by atoms with van der Waals surface area (Å²) in [5.74, 6) is -0.775. The van der Waals surface area contributed by atoms with Gasteiger partial charge in [-0.05, 0) is 24.3 Å². The summed E-state index contributed by atoms with van der Waals surface area (Å²) in [6.45, 7) is 0.862. The van der Waals surface area contributed by atoms with Gasteiger partial charge in [0.05, 0.1) is 6.54 Å². The number of ether oxygens (including phenoxy) is 1. The fourth-order valence-electron chi connectivity index (χ4n) is 1.47. The monoisotopic (exact) mass is 266 g/mol. The average Bonchev–Trinajstić information content (AvgIpc) is 2.82. The van der Waals surface area contributed by atoms with Gasteiger partial charge in [-0.3, -0.25) is 4.68 Å². The molecule has 6 heteroatoms. The molecule has 0 aliphatic rings. The van der Waals surface area contributed by atoms with Gasteiger partial charge in [0.2, 0.25) is 0 Å². The van der Waals surface area contributed by atoms with Crippen molar-refractivity contribution < 1.29 is 14.6 Å². The van der Waals surface area contributed by atoms with E-state index < -0.39 is 5.97 Å². The minimum absolute atomic E-state index is 0.0971. The molecule has 0 bridgehead atoms. The molecule has 0 aliphatic heterocycles. The van der Waals surface area contributed by atoms with Crippen molar-refractivity contribution in [2.24, 2.45) is 0 Å². The Morgan fingerprint density at radius 3 is 3.00 bits per heavy atom. The fourth-order valence-corrected chi connectivity index (χ4v) is 1.64. The van der Waals surface area contributed by atoms with Gasteiger partial charge in [0.25, 0.3) is 0 Å². The number of carbonyl (C=O) groups is 1. The number of rotatable bonds is 5. The van der Waals surface area contributed by atoms with Crippen LogP contribution in [0, 0.1) is 0 Å². The minimum Gasteiger partial charge on any atom is -0.491 e. The molecule has 0 aliphatic carbocycles. The van der Waals surface area contributed by atoms with Crippen LogP contribution in [-0.4, -0.2) is 27.5 Å². The Balaban J connectivity index is 2.03. The number of nitrogens with zero attached hydrogens (tertiary/aromatic N) is 2. The Labute approximate surface area is 109 Å². The second kappa shape index (κ2) is 5.55. The highest BCUT2D eigenvalue weighted by Gasteiger charge is 2.11. The van der Waals surface area contributed by atoms with Gasteiger partial charge in [0.15, 0.2) is 0 Å². The Kier molecular flexibility index (Phi) is 3.84. The van der Waals surface area contributed by atoms with Gasteiger partial charge >= 0.3 is 5.97 Å². The summed E-state index contributed by atoms with van der Waals surface area (Å²) >= 11 is 5.81. The second-order valence-corrected chi connectivity index (χ2v) is 4.00. The van der Waals surface area contributed by atoms with Crippen LogP contribution in [0.25, 0.3) is 0 Å². The molecule has 94 valence electrons. The molecule has 18 heavy (non-hydrogen) atoms. The van der Waals surface area contributed by atoms with E-state index in [1.807, 2.05) is 6.07 Å². The first-order valence-corrected chi connectivity index (χ1v) is 5.67. The summed E-state index contributed by atoms with van der Waals surface area (Å²) in [6, 6.07) is 6.25. The summed E-state index contributed by atoms with van der Waals surface area (Å²) in [7, 11) is 0. The normalized spacial score (nSPS) is 10.3. The van der Waals surface area contributed by atoms with Crippen LogP contribution in [0.5, 0.6) is 5.75 Å². The van der Waals surface area contributed by atoms with E-state index in [0.717, 1.165) is 0 Å². The van der Waals surface area contributed by atoms with Gasteiger partial charge < -0.3 is 9.84 Å². The first-order valence-electron chi connectivity index (χ1n) is 5.30. The molecule has 0 radical (unpaired) electrons. The quantitative estimate of drug-likeness (QED) is 0.902. The molecule has 0 unspecified atom stereocenters. The van der Waals surface area contributed by atoms with Crippen LogP contribution in [-0.2, 0) is 6.54 Å². The van der Waals surface area contributed by atoms with E-state index in [1.54, 1.807) is 17.1 Å². The zero-order valence-corrected chi connectivity index (χ0v) is 10.2. The predicted octanol–water partition coefficient (Wildman–Crippen LogP) is 2.31. The van der Waals surface area contributed by atoms with Crippen LogP contribution in [0.2, 0.25) is 5.02 Å². The van der Waals surface area contributed by atoms with E-state index in [9.17, 15) is 4.79 Å². The molecule has 0 fully saturated rings. The average molecular weight is 267 g/mol. The Bertz CT molecular complexity index is 540. The van der Waals surface area contributed by atoms with Gasteiger partial charge in [-0.2, -0.15) is 5.10 Å². The molecule has 2 rings (SSSR count). The summed E-state index contributed by atoms with van der Waals surface area (Å²) in [5.41, 5.74) is 0.0971. The molecule has 1 aromatic carbocycles. The topological polar surface area (TPSA) is 64.3 Å². The Hall–Kier alpha value is -2.01. The lowest BCUT2D eigenvalue weighted by atomic mass is 10.2. The highest BCUT2D eigenvalue weighted by molar-refractivity contribution is 6.30. The van der Waals surface area contributed by atoms with Gasteiger partial charge in [-0.1, -0.05) is 11.6 Å². The number of aromatic carboxylic acids is 1. The summed E-state index contributed by atoms with van der Waals surface area (Å²) in [6.07, 6.45) is 3.47. The van der Waals surface area contributed by atoms with Gasteiger partial charge in [0.1, 0.15) is 17.9 Å². The zero-order valence-electron chi connectivity index (χ0n) is 9.41. The van der Waals surface area contributed by atoms with E-state index in [1.165, 1.54) is 18.2 Å². The van der Waals surface area contributed by atoms with Crippen molar-refractivity contribution in [2.75, 3.05) is 6.61 Å². The second-order valence-electron chi connectivity index (χ2n) is 3.56. The summed E-state index contributed by atoms with van der Waals surface area (Å²) in [4.78, 5) is 11.0. The predicted molar refractivity (Wildman–Crippen MR) is 66.1 cm³/mol. The van der Waals surface area contributed by atoms with Crippen molar-refractivity contribution in [1.29, 1.82) is 0 Å². The maximum absolute atomic E-state index is 11.0. The third kappa shape index (κ3) is 3.01. The van der Waals surface area contributed by atoms with Gasteiger partial charge in [-0.15, -0.1) is 0 Å². The first-order chi connectivity index (χ1) is 8.66. The molecule has 1 heterocycles. The van der Waals surface area contributed by atoms with Crippen molar-refractivity contribution in [1.82, 2.24) is 9.78 Å². The molecule has 1 aromatic heterocycles. The molecule has 0 saturated carbocycles. The summed E-state index contributed by atoms with van der Waals surface area (Å²) < 4.78 is 7.13. The molecule has 0 atom stereocenters. The molecule has 2 aromatic rings. The SMILES string of the molecule is O=C(O)c1ccc(Cl)cc1OCCn1cccn1. The van der Waals surface area contributed by atoms with Crippen molar-refractivity contribution in [3.8, 4) is 5.75 Å². The lowest BCUT2D eigenvalue weighted by Gasteiger charge is -2.09. The van der Waals surface area contributed by atoms with E-state index in [0.29, 0.717) is 18.2 Å². The van der Waals surface area contributed by atoms with E-state index in [2.05, 4.69) is 5.10 Å². The van der Waals surface area contributed by atoms with Crippen LogP contribution >= 0.6 is 11.6 Å². The van der Waals surface area contributed by atoms with Crippen LogP contribution in [0.3, 0.4) is 0 Å². The Morgan fingerprint density at radius 1 is 1.50 bits per heavy atom. The lowest BCUT2D eigenvalue weighted by Crippen LogP contribution is -2.10. The number of carboxylic acids is 1. The third-order valence-corrected chi connectivity index (χ3v) is 2.55. The number of carboxylic acid groups (broad SMARTS) is 1. The highest BCUT2D eigenvalue weighted by Crippen LogP contribution is 2.23. The third-order valence-electron chi connectivity index (χ3n) is 2.31. The molecule has 5 nitrogen and oxygen atoms in total. The molecule has 1 N–H and O–H groups in total. The number of hydrogen-bond acceptors (Lipinski definition) is 3. The number of halogens is 1. The van der Waals surface area contributed by atoms with Gasteiger partial charge in [-0.25, -0.2) is 4.79 Å². The maximum atomic E-state index is 11.0. The zero-order chi connectivity index (χ0) is 13.0. The molecule has 0 amide bonds. The smallest absolute Gasteiger partial charge is 0.339 e. The van der Waals surface area contributed by atoms with Gasteiger partial charge in [0, 0.05) is 17.4 Å². The molecule has 0 saturated heterocycles. The fraction of sp³-hybridized carbons (Fsp3) is 0.167. The minimum atomic E-state index is -1.04. The largest absolute Gasteiger partial charge is 0.491 e. The number of hydrogen-bond donors (Lipinski definition) is 1. The Morgan fingerprint density at radius 2 is 2.33 bits per heavy atom. The van der Waals surface area contributed by atoms with Crippen LogP contribution in [0.1, 0.15) is 10.4 Å². The van der Waals surface area contributed by atoms with E-state index >= 15 is 0 Å². The van der Waals surface area contributed by atoms with Crippen LogP contribution in [0.15, 0.2) is 36.7 Å². The molecule has 0 spiro atoms. The lowest BCUT2D eigenvalue weighted by molar-refractivity contribution is 0.0692.